The van der Waals surface area contributed by atoms with E-state index in [2.05, 4.69) is 20.8 Å². The molecule has 24 heavy (non-hydrogen) atoms. The zero-order valence-corrected chi connectivity index (χ0v) is 15.1. The van der Waals surface area contributed by atoms with E-state index in [9.17, 15) is 9.90 Å². The van der Waals surface area contributed by atoms with Crippen molar-refractivity contribution in [2.24, 2.45) is 5.92 Å². The monoisotopic (exact) mass is 330 g/mol. The van der Waals surface area contributed by atoms with Crippen molar-refractivity contribution in [1.29, 1.82) is 0 Å². The Morgan fingerprint density at radius 1 is 1.42 bits per heavy atom. The molecule has 1 aromatic carbocycles. The van der Waals surface area contributed by atoms with Crippen LogP contribution in [-0.2, 0) is 9.53 Å². The summed E-state index contributed by atoms with van der Waals surface area (Å²) in [5, 5.41) is 10.7. The van der Waals surface area contributed by atoms with Crippen molar-refractivity contribution >= 4 is 11.5 Å². The highest BCUT2D eigenvalue weighted by molar-refractivity contribution is 5.83. The molecule has 0 bridgehead atoms. The number of aromatic hydroxyl groups is 1. The standard InChI is InChI=1S/C20H26O4/c1-11-6-7-15-14(8-11)18-16(21)9-13(12(2)19(22)23-5)10-17(18)24-20(15,3)4/h9-12,21H,6-8H2,1-5H3. The minimum atomic E-state index is -0.446. The zero-order valence-electron chi connectivity index (χ0n) is 15.1. The van der Waals surface area contributed by atoms with Crippen LogP contribution in [0.5, 0.6) is 11.5 Å². The Labute approximate surface area is 143 Å². The maximum Gasteiger partial charge on any atom is 0.312 e. The van der Waals surface area contributed by atoms with E-state index in [1.54, 1.807) is 13.0 Å². The first kappa shape index (κ1) is 16.9. The van der Waals surface area contributed by atoms with Gasteiger partial charge in [0.15, 0.2) is 0 Å². The van der Waals surface area contributed by atoms with Gasteiger partial charge >= 0.3 is 5.97 Å². The SMILES string of the molecule is COC(=O)C(C)c1cc(O)c2c(c1)OC(C)(C)C1=C2CC(C)CC1. The van der Waals surface area contributed by atoms with E-state index in [0.717, 1.165) is 24.8 Å². The molecule has 4 nitrogen and oxygen atoms in total. The van der Waals surface area contributed by atoms with Crippen LogP contribution in [0.2, 0.25) is 0 Å². The number of rotatable bonds is 2. The fourth-order valence-corrected chi connectivity index (χ4v) is 3.94. The van der Waals surface area contributed by atoms with Gasteiger partial charge in [-0.25, -0.2) is 0 Å². The molecule has 0 saturated carbocycles. The van der Waals surface area contributed by atoms with Gasteiger partial charge < -0.3 is 14.6 Å². The molecule has 1 heterocycles. The van der Waals surface area contributed by atoms with Gasteiger partial charge in [-0.3, -0.25) is 4.79 Å². The largest absolute Gasteiger partial charge is 0.507 e. The number of allylic oxidation sites excluding steroid dienone is 1. The molecule has 0 spiro atoms. The van der Waals surface area contributed by atoms with Crippen LogP contribution >= 0.6 is 0 Å². The predicted octanol–water partition coefficient (Wildman–Crippen LogP) is 4.41. The third kappa shape index (κ3) is 2.68. The summed E-state index contributed by atoms with van der Waals surface area (Å²) in [7, 11) is 1.37. The van der Waals surface area contributed by atoms with Crippen molar-refractivity contribution in [2.75, 3.05) is 7.11 Å². The molecule has 1 aliphatic heterocycles. The van der Waals surface area contributed by atoms with Gasteiger partial charge in [-0.2, -0.15) is 0 Å². The summed E-state index contributed by atoms with van der Waals surface area (Å²) in [6, 6.07) is 3.55. The van der Waals surface area contributed by atoms with Gasteiger partial charge in [0.2, 0.25) is 0 Å². The molecule has 1 N–H and O–H groups in total. The number of benzene rings is 1. The Morgan fingerprint density at radius 3 is 2.79 bits per heavy atom. The van der Waals surface area contributed by atoms with Gasteiger partial charge in [0.25, 0.3) is 0 Å². The molecule has 2 atom stereocenters. The maximum absolute atomic E-state index is 11.8. The summed E-state index contributed by atoms with van der Waals surface area (Å²) >= 11 is 0. The summed E-state index contributed by atoms with van der Waals surface area (Å²) in [5.41, 5.74) is 3.63. The van der Waals surface area contributed by atoms with Gasteiger partial charge in [0, 0.05) is 0 Å². The number of esters is 1. The number of carbonyl (C=O) groups is 1. The molecule has 3 rings (SSSR count). The van der Waals surface area contributed by atoms with E-state index in [0.29, 0.717) is 17.2 Å². The number of phenolic OH excluding ortho intramolecular Hbond substituents is 1. The lowest BCUT2D eigenvalue weighted by molar-refractivity contribution is -0.141. The second kappa shape index (κ2) is 5.83. The normalized spacial score (nSPS) is 23.0. The minimum Gasteiger partial charge on any atom is -0.507 e. The highest BCUT2D eigenvalue weighted by Gasteiger charge is 2.39. The molecule has 2 aliphatic rings. The van der Waals surface area contributed by atoms with E-state index >= 15 is 0 Å². The Morgan fingerprint density at radius 2 is 2.12 bits per heavy atom. The third-order valence-electron chi connectivity index (χ3n) is 5.36. The van der Waals surface area contributed by atoms with Gasteiger partial charge in [0.1, 0.15) is 17.1 Å². The van der Waals surface area contributed by atoms with E-state index in [-0.39, 0.29) is 17.3 Å². The third-order valence-corrected chi connectivity index (χ3v) is 5.36. The molecule has 0 saturated heterocycles. The number of hydrogen-bond acceptors (Lipinski definition) is 4. The first-order chi connectivity index (χ1) is 11.2. The van der Waals surface area contributed by atoms with Gasteiger partial charge in [-0.15, -0.1) is 0 Å². The van der Waals surface area contributed by atoms with Crippen molar-refractivity contribution in [3.63, 3.8) is 0 Å². The van der Waals surface area contributed by atoms with Crippen LogP contribution in [0.4, 0.5) is 0 Å². The number of phenols is 1. The Kier molecular flexibility index (Phi) is 4.10. The molecule has 1 aromatic rings. The van der Waals surface area contributed by atoms with Crippen molar-refractivity contribution in [3.8, 4) is 11.5 Å². The van der Waals surface area contributed by atoms with Gasteiger partial charge in [0.05, 0.1) is 18.6 Å². The number of fused-ring (bicyclic) bond motifs is 2. The Balaban J connectivity index is 2.13. The first-order valence-corrected chi connectivity index (χ1v) is 8.61. The average Bonchev–Trinajstić information content (AvgIpc) is 2.51. The van der Waals surface area contributed by atoms with Crippen LogP contribution < -0.4 is 4.74 Å². The van der Waals surface area contributed by atoms with Crippen LogP contribution in [0.15, 0.2) is 17.7 Å². The number of methoxy groups -OCH3 is 1. The fourth-order valence-electron chi connectivity index (χ4n) is 3.94. The Hall–Kier alpha value is -1.97. The van der Waals surface area contributed by atoms with E-state index < -0.39 is 5.92 Å². The topological polar surface area (TPSA) is 55.8 Å². The minimum absolute atomic E-state index is 0.190. The van der Waals surface area contributed by atoms with Gasteiger partial charge in [-0.1, -0.05) is 6.92 Å². The Bertz CT molecular complexity index is 715. The molecule has 0 amide bonds. The first-order valence-electron chi connectivity index (χ1n) is 8.61. The van der Waals surface area contributed by atoms with E-state index in [4.69, 9.17) is 9.47 Å². The maximum atomic E-state index is 11.8. The molecular formula is C20H26O4. The zero-order chi connectivity index (χ0) is 17.6. The van der Waals surface area contributed by atoms with Crippen LogP contribution in [0.1, 0.15) is 64.0 Å². The molecule has 130 valence electrons. The van der Waals surface area contributed by atoms with Crippen LogP contribution in [-0.4, -0.2) is 23.8 Å². The molecule has 0 aromatic heterocycles. The lowest BCUT2D eigenvalue weighted by atomic mass is 9.74. The van der Waals surface area contributed by atoms with Crippen molar-refractivity contribution in [1.82, 2.24) is 0 Å². The smallest absolute Gasteiger partial charge is 0.312 e. The number of carbonyl (C=O) groups excluding carboxylic acids is 1. The summed E-state index contributed by atoms with van der Waals surface area (Å²) in [4.78, 5) is 11.8. The van der Waals surface area contributed by atoms with Crippen LogP contribution in [0.3, 0.4) is 0 Å². The lowest BCUT2D eigenvalue weighted by Crippen LogP contribution is -2.36. The fraction of sp³-hybridized carbons (Fsp3) is 0.550. The number of ether oxygens (including phenoxy) is 2. The van der Waals surface area contributed by atoms with Crippen molar-refractivity contribution in [2.45, 2.75) is 58.5 Å². The van der Waals surface area contributed by atoms with Crippen molar-refractivity contribution < 1.29 is 19.4 Å². The van der Waals surface area contributed by atoms with E-state index in [1.807, 2.05) is 6.07 Å². The molecule has 0 radical (unpaired) electrons. The molecular weight excluding hydrogens is 304 g/mol. The van der Waals surface area contributed by atoms with Crippen LogP contribution in [0.25, 0.3) is 5.57 Å². The molecule has 0 fully saturated rings. The van der Waals surface area contributed by atoms with Gasteiger partial charge in [-0.05, 0) is 74.8 Å². The van der Waals surface area contributed by atoms with E-state index in [1.165, 1.54) is 18.3 Å². The number of hydrogen-bond donors (Lipinski definition) is 1. The van der Waals surface area contributed by atoms with Crippen LogP contribution in [0, 0.1) is 5.92 Å². The average molecular weight is 330 g/mol. The molecule has 4 heteroatoms. The molecule has 2 unspecified atom stereocenters. The summed E-state index contributed by atoms with van der Waals surface area (Å²) in [6.07, 6.45) is 3.11. The second-order valence-corrected chi connectivity index (χ2v) is 7.58. The summed E-state index contributed by atoms with van der Waals surface area (Å²) in [5.74, 6) is 0.682. The highest BCUT2D eigenvalue weighted by atomic mass is 16.5. The molecule has 1 aliphatic carbocycles. The predicted molar refractivity (Wildman–Crippen MR) is 93.2 cm³/mol. The second-order valence-electron chi connectivity index (χ2n) is 7.58. The summed E-state index contributed by atoms with van der Waals surface area (Å²) < 4.78 is 11.1. The lowest BCUT2D eigenvalue weighted by Gasteiger charge is -2.41. The van der Waals surface area contributed by atoms with Crippen molar-refractivity contribution in [3.05, 3.63) is 28.8 Å². The quantitative estimate of drug-likeness (QED) is 0.816. The summed E-state index contributed by atoms with van der Waals surface area (Å²) in [6.45, 7) is 8.18. The highest BCUT2D eigenvalue weighted by Crippen LogP contribution is 2.51.